The number of nitrogens with two attached hydrogens (primary N) is 1. The average Bonchev–Trinajstić information content (AvgIpc) is 2.12. The van der Waals surface area contributed by atoms with E-state index < -0.39 is 6.04 Å². The van der Waals surface area contributed by atoms with E-state index in [1.165, 1.54) is 0 Å². The Morgan fingerprint density at radius 3 is 2.38 bits per heavy atom. The van der Waals surface area contributed by atoms with Gasteiger partial charge in [-0.05, 0) is 34.6 Å². The monoisotopic (exact) mass is 228 g/mol. The van der Waals surface area contributed by atoms with Gasteiger partial charge in [-0.1, -0.05) is 0 Å². The molecule has 0 rings (SSSR count). The number of hydrogen-bond acceptors (Lipinski definition) is 2. The van der Waals surface area contributed by atoms with Gasteiger partial charge in [-0.3, -0.25) is 4.79 Å². The molecule has 0 aromatic rings. The minimum Gasteiger partial charge on any atom is -0.370 e. The summed E-state index contributed by atoms with van der Waals surface area (Å²) >= 11 is 0. The highest BCUT2D eigenvalue weighted by Gasteiger charge is 2.17. The number of aliphatic imine (C=N–C) groups is 1. The number of carbonyl (C=O) groups excluding carboxylic acids is 1. The van der Waals surface area contributed by atoms with E-state index in [0.717, 1.165) is 0 Å². The molecule has 0 aromatic heterocycles. The van der Waals surface area contributed by atoms with Crippen molar-refractivity contribution in [1.29, 1.82) is 0 Å². The van der Waals surface area contributed by atoms with Gasteiger partial charge in [0.1, 0.15) is 6.04 Å². The maximum absolute atomic E-state index is 11.7. The van der Waals surface area contributed by atoms with Gasteiger partial charge < -0.3 is 16.0 Å². The molecule has 0 saturated heterocycles. The van der Waals surface area contributed by atoms with Crippen LogP contribution in [0.25, 0.3) is 0 Å². The molecule has 0 aliphatic carbocycles. The second-order valence-corrected chi connectivity index (χ2v) is 4.92. The molecule has 0 saturated carbocycles. The molecule has 1 atom stereocenters. The van der Waals surface area contributed by atoms with Gasteiger partial charge in [-0.2, -0.15) is 0 Å². The van der Waals surface area contributed by atoms with Gasteiger partial charge in [-0.25, -0.2) is 4.99 Å². The first-order chi connectivity index (χ1) is 7.17. The molecule has 0 bridgehead atoms. The van der Waals surface area contributed by atoms with Crippen LogP contribution in [0, 0.1) is 0 Å². The molecule has 0 fully saturated rings. The molecule has 1 unspecified atom stereocenters. The Labute approximate surface area is 98.1 Å². The van der Waals surface area contributed by atoms with E-state index in [4.69, 9.17) is 5.73 Å². The number of amides is 1. The molecule has 0 heterocycles. The van der Waals surface area contributed by atoms with Crippen molar-refractivity contribution in [1.82, 2.24) is 10.2 Å². The van der Waals surface area contributed by atoms with E-state index in [1.807, 2.05) is 27.7 Å². The van der Waals surface area contributed by atoms with E-state index >= 15 is 0 Å². The first-order valence-electron chi connectivity index (χ1n) is 5.53. The third-order valence-electron chi connectivity index (χ3n) is 2.04. The van der Waals surface area contributed by atoms with Crippen molar-refractivity contribution in [3.05, 3.63) is 0 Å². The molecule has 0 spiro atoms. The number of guanidine groups is 1. The van der Waals surface area contributed by atoms with Crippen LogP contribution in [0.5, 0.6) is 0 Å². The predicted molar refractivity (Wildman–Crippen MR) is 67.3 cm³/mol. The van der Waals surface area contributed by atoms with Crippen LogP contribution in [0.15, 0.2) is 4.99 Å². The maximum atomic E-state index is 11.7. The zero-order valence-electron chi connectivity index (χ0n) is 11.2. The SMILES string of the molecule is CCN(C)C(=O)C(C)N=C(N)NC(C)(C)C. The fourth-order valence-electron chi connectivity index (χ4n) is 1.16. The summed E-state index contributed by atoms with van der Waals surface area (Å²) in [5.41, 5.74) is 5.56. The zero-order chi connectivity index (χ0) is 12.9. The highest BCUT2D eigenvalue weighted by molar-refractivity contribution is 5.86. The Bertz CT molecular complexity index is 268. The fourth-order valence-corrected chi connectivity index (χ4v) is 1.16. The van der Waals surface area contributed by atoms with Crippen LogP contribution in [0.3, 0.4) is 0 Å². The summed E-state index contributed by atoms with van der Waals surface area (Å²) < 4.78 is 0. The summed E-state index contributed by atoms with van der Waals surface area (Å²) in [6, 6.07) is -0.445. The molecular formula is C11H24N4O. The third kappa shape index (κ3) is 5.58. The zero-order valence-corrected chi connectivity index (χ0v) is 11.2. The lowest BCUT2D eigenvalue weighted by atomic mass is 10.1. The van der Waals surface area contributed by atoms with E-state index in [2.05, 4.69) is 10.3 Å². The lowest BCUT2D eigenvalue weighted by Gasteiger charge is -2.22. The van der Waals surface area contributed by atoms with Crippen molar-refractivity contribution >= 4 is 11.9 Å². The summed E-state index contributed by atoms with van der Waals surface area (Å²) in [6.45, 7) is 10.3. The van der Waals surface area contributed by atoms with E-state index in [0.29, 0.717) is 12.5 Å². The third-order valence-corrected chi connectivity index (χ3v) is 2.04. The smallest absolute Gasteiger partial charge is 0.246 e. The molecule has 0 aromatic carbocycles. The van der Waals surface area contributed by atoms with Crippen molar-refractivity contribution in [2.75, 3.05) is 13.6 Å². The highest BCUT2D eigenvalue weighted by Crippen LogP contribution is 2.00. The number of nitrogens with zero attached hydrogens (tertiary/aromatic N) is 2. The fraction of sp³-hybridized carbons (Fsp3) is 0.818. The van der Waals surface area contributed by atoms with Gasteiger partial charge in [0.05, 0.1) is 0 Å². The summed E-state index contributed by atoms with van der Waals surface area (Å²) in [5.74, 6) is 0.277. The van der Waals surface area contributed by atoms with E-state index in [-0.39, 0.29) is 11.4 Å². The summed E-state index contributed by atoms with van der Waals surface area (Å²) in [7, 11) is 1.75. The molecule has 5 heteroatoms. The Morgan fingerprint density at radius 2 is 2.00 bits per heavy atom. The maximum Gasteiger partial charge on any atom is 0.246 e. The van der Waals surface area contributed by atoms with Gasteiger partial charge in [0.15, 0.2) is 5.96 Å². The second-order valence-electron chi connectivity index (χ2n) is 4.92. The highest BCUT2D eigenvalue weighted by atomic mass is 16.2. The average molecular weight is 228 g/mol. The normalized spacial score (nSPS) is 14.5. The minimum absolute atomic E-state index is 0.0267. The summed E-state index contributed by atoms with van der Waals surface area (Å²) in [4.78, 5) is 17.5. The van der Waals surface area contributed by atoms with Crippen LogP contribution in [0.1, 0.15) is 34.6 Å². The molecule has 1 amide bonds. The lowest BCUT2D eigenvalue weighted by Crippen LogP contribution is -2.46. The van der Waals surface area contributed by atoms with Crippen molar-refractivity contribution in [3.8, 4) is 0 Å². The first-order valence-corrected chi connectivity index (χ1v) is 5.53. The number of hydrogen-bond donors (Lipinski definition) is 2. The Morgan fingerprint density at radius 1 is 1.50 bits per heavy atom. The number of nitrogens with one attached hydrogen (secondary N) is 1. The molecular weight excluding hydrogens is 204 g/mol. The van der Waals surface area contributed by atoms with Crippen molar-refractivity contribution < 1.29 is 4.79 Å². The summed E-state index contributed by atoms with van der Waals surface area (Å²) in [5, 5.41) is 3.02. The Kier molecular flexibility index (Phi) is 5.27. The van der Waals surface area contributed by atoms with Crippen molar-refractivity contribution in [3.63, 3.8) is 0 Å². The van der Waals surface area contributed by atoms with Crippen LogP contribution in [0.4, 0.5) is 0 Å². The van der Waals surface area contributed by atoms with Gasteiger partial charge in [0, 0.05) is 19.1 Å². The van der Waals surface area contributed by atoms with Crippen LogP contribution >= 0.6 is 0 Å². The van der Waals surface area contributed by atoms with Gasteiger partial charge in [0.2, 0.25) is 5.91 Å². The van der Waals surface area contributed by atoms with Crippen molar-refractivity contribution in [2.24, 2.45) is 10.7 Å². The predicted octanol–water partition coefficient (Wildman–Crippen LogP) is 0.556. The van der Waals surface area contributed by atoms with Crippen molar-refractivity contribution in [2.45, 2.75) is 46.2 Å². The first kappa shape index (κ1) is 14.7. The van der Waals surface area contributed by atoms with E-state index in [1.54, 1.807) is 18.9 Å². The number of likely N-dealkylation sites (N-methyl/N-ethyl adjacent to an activating group) is 1. The van der Waals surface area contributed by atoms with Gasteiger partial charge in [0.25, 0.3) is 0 Å². The van der Waals surface area contributed by atoms with Gasteiger partial charge >= 0.3 is 0 Å². The quantitative estimate of drug-likeness (QED) is 0.547. The summed E-state index contributed by atoms with van der Waals surface area (Å²) in [6.07, 6.45) is 0. The lowest BCUT2D eigenvalue weighted by molar-refractivity contribution is -0.130. The second kappa shape index (κ2) is 5.72. The minimum atomic E-state index is -0.445. The molecule has 94 valence electrons. The molecule has 0 aliphatic heterocycles. The molecule has 0 radical (unpaired) electrons. The Balaban J connectivity index is 4.47. The molecule has 5 nitrogen and oxygen atoms in total. The standard InChI is InChI=1S/C11H24N4O/c1-7-15(6)9(16)8(2)13-10(12)14-11(3,4)5/h8H,7H2,1-6H3,(H3,12,13,14). The largest absolute Gasteiger partial charge is 0.370 e. The van der Waals surface area contributed by atoms with Crippen LogP contribution in [-0.2, 0) is 4.79 Å². The molecule has 16 heavy (non-hydrogen) atoms. The molecule has 0 aliphatic rings. The Hall–Kier alpha value is -1.26. The van der Waals surface area contributed by atoms with Crippen LogP contribution in [-0.4, -0.2) is 41.9 Å². The molecule has 3 N–H and O–H groups in total. The topological polar surface area (TPSA) is 70.7 Å². The van der Waals surface area contributed by atoms with E-state index in [9.17, 15) is 4.79 Å². The van der Waals surface area contributed by atoms with Crippen LogP contribution < -0.4 is 11.1 Å². The van der Waals surface area contributed by atoms with Gasteiger partial charge in [-0.15, -0.1) is 0 Å². The number of rotatable bonds is 3. The number of carbonyl (C=O) groups is 1. The van der Waals surface area contributed by atoms with Crippen LogP contribution in [0.2, 0.25) is 0 Å².